The van der Waals surface area contributed by atoms with Crippen molar-refractivity contribution < 1.29 is 4.79 Å². The highest BCUT2D eigenvalue weighted by Gasteiger charge is 2.36. The first kappa shape index (κ1) is 12.4. The van der Waals surface area contributed by atoms with Crippen molar-refractivity contribution in [2.24, 2.45) is 5.92 Å². The third-order valence-electron chi connectivity index (χ3n) is 3.99. The summed E-state index contributed by atoms with van der Waals surface area (Å²) in [5.74, 6) is 0.847. The second-order valence-corrected chi connectivity index (χ2v) is 6.32. The molecule has 2 heterocycles. The van der Waals surface area contributed by atoms with Crippen LogP contribution in [0.2, 0.25) is 0 Å². The number of carbonyl (C=O) groups excluding carboxylic acids is 1. The van der Waals surface area contributed by atoms with Crippen LogP contribution >= 0.6 is 22.6 Å². The third-order valence-corrected chi connectivity index (χ3v) is 4.93. The van der Waals surface area contributed by atoms with E-state index in [0.29, 0.717) is 12.0 Å². The first-order valence-corrected chi connectivity index (χ1v) is 7.61. The van der Waals surface area contributed by atoms with E-state index in [4.69, 9.17) is 0 Å². The maximum absolute atomic E-state index is 12.5. The van der Waals surface area contributed by atoms with Gasteiger partial charge >= 0.3 is 0 Å². The number of hydrogen-bond donors (Lipinski definition) is 1. The average molecular weight is 356 g/mol. The Morgan fingerprint density at radius 3 is 2.94 bits per heavy atom. The van der Waals surface area contributed by atoms with Gasteiger partial charge in [0.15, 0.2) is 0 Å². The molecular weight excluding hydrogens is 339 g/mol. The SMILES string of the molecule is O=C(c1ccccc1I)N1C[C@@H]2CCCN[C@@H]2C1. The Balaban J connectivity index is 1.76. The Hall–Kier alpha value is -0.620. The van der Waals surface area contributed by atoms with Crippen molar-refractivity contribution in [2.45, 2.75) is 18.9 Å². The van der Waals surface area contributed by atoms with E-state index in [9.17, 15) is 4.79 Å². The molecule has 0 spiro atoms. The normalized spacial score (nSPS) is 27.1. The highest BCUT2D eigenvalue weighted by molar-refractivity contribution is 14.1. The van der Waals surface area contributed by atoms with Gasteiger partial charge in [-0.25, -0.2) is 0 Å². The van der Waals surface area contributed by atoms with Crippen LogP contribution in [0.15, 0.2) is 24.3 Å². The lowest BCUT2D eigenvalue weighted by Crippen LogP contribution is -2.41. The Bertz CT molecular complexity index is 449. The van der Waals surface area contributed by atoms with Gasteiger partial charge in [-0.1, -0.05) is 12.1 Å². The zero-order chi connectivity index (χ0) is 12.5. The van der Waals surface area contributed by atoms with Crippen molar-refractivity contribution in [1.82, 2.24) is 10.2 Å². The number of nitrogens with zero attached hydrogens (tertiary/aromatic N) is 1. The van der Waals surface area contributed by atoms with Crippen LogP contribution < -0.4 is 5.32 Å². The number of halogens is 1. The van der Waals surface area contributed by atoms with E-state index in [0.717, 1.165) is 28.8 Å². The van der Waals surface area contributed by atoms with Gasteiger partial charge in [-0.05, 0) is 60.0 Å². The summed E-state index contributed by atoms with van der Waals surface area (Å²) < 4.78 is 1.04. The third kappa shape index (κ3) is 2.28. The van der Waals surface area contributed by atoms with Gasteiger partial charge in [0.05, 0.1) is 5.56 Å². The zero-order valence-corrected chi connectivity index (χ0v) is 12.4. The number of amides is 1. The number of hydrogen-bond acceptors (Lipinski definition) is 2. The van der Waals surface area contributed by atoms with E-state index in [1.165, 1.54) is 12.8 Å². The molecule has 2 aliphatic heterocycles. The van der Waals surface area contributed by atoms with Crippen LogP contribution in [0.3, 0.4) is 0 Å². The molecule has 0 saturated carbocycles. The largest absolute Gasteiger partial charge is 0.337 e. The van der Waals surface area contributed by atoms with Crippen molar-refractivity contribution in [3.8, 4) is 0 Å². The van der Waals surface area contributed by atoms with Gasteiger partial charge in [-0.3, -0.25) is 4.79 Å². The predicted octanol–water partition coefficient (Wildman–Crippen LogP) is 2.12. The van der Waals surface area contributed by atoms with Gasteiger partial charge in [0.2, 0.25) is 0 Å². The smallest absolute Gasteiger partial charge is 0.254 e. The number of likely N-dealkylation sites (tertiary alicyclic amines) is 1. The molecule has 1 aromatic rings. The van der Waals surface area contributed by atoms with Crippen molar-refractivity contribution in [3.05, 3.63) is 33.4 Å². The quantitative estimate of drug-likeness (QED) is 0.782. The fraction of sp³-hybridized carbons (Fsp3) is 0.500. The van der Waals surface area contributed by atoms with E-state index in [1.54, 1.807) is 0 Å². The molecule has 0 radical (unpaired) electrons. The lowest BCUT2D eigenvalue weighted by molar-refractivity contribution is 0.0784. The van der Waals surface area contributed by atoms with Gasteiger partial charge in [0.25, 0.3) is 5.91 Å². The summed E-state index contributed by atoms with van der Waals surface area (Å²) in [6.45, 7) is 2.89. The van der Waals surface area contributed by atoms with Crippen LogP contribution in [0.4, 0.5) is 0 Å². The van der Waals surface area contributed by atoms with Crippen molar-refractivity contribution in [1.29, 1.82) is 0 Å². The first-order chi connectivity index (χ1) is 8.75. The van der Waals surface area contributed by atoms with Crippen LogP contribution in [0, 0.1) is 9.49 Å². The molecular formula is C14H17IN2O. The summed E-state index contributed by atoms with van der Waals surface area (Å²) in [4.78, 5) is 14.5. The van der Waals surface area contributed by atoms with Crippen LogP contribution in [0.5, 0.6) is 0 Å². The monoisotopic (exact) mass is 356 g/mol. The molecule has 18 heavy (non-hydrogen) atoms. The maximum atomic E-state index is 12.5. The van der Waals surface area contributed by atoms with Crippen molar-refractivity contribution in [2.75, 3.05) is 19.6 Å². The summed E-state index contributed by atoms with van der Waals surface area (Å²) in [5, 5.41) is 3.54. The summed E-state index contributed by atoms with van der Waals surface area (Å²) in [7, 11) is 0. The maximum Gasteiger partial charge on any atom is 0.254 e. The molecule has 0 aromatic heterocycles. The molecule has 3 rings (SSSR count). The zero-order valence-electron chi connectivity index (χ0n) is 10.2. The average Bonchev–Trinajstić information content (AvgIpc) is 2.82. The number of rotatable bonds is 1. The predicted molar refractivity (Wildman–Crippen MR) is 79.6 cm³/mol. The lowest BCUT2D eigenvalue weighted by atomic mass is 9.94. The molecule has 3 nitrogen and oxygen atoms in total. The molecule has 96 valence electrons. The fourth-order valence-electron chi connectivity index (χ4n) is 3.02. The molecule has 2 atom stereocenters. The van der Waals surface area contributed by atoms with Gasteiger partial charge in [0, 0.05) is 22.7 Å². The van der Waals surface area contributed by atoms with Crippen LogP contribution in [-0.4, -0.2) is 36.5 Å². The van der Waals surface area contributed by atoms with E-state index >= 15 is 0 Å². The van der Waals surface area contributed by atoms with Gasteiger partial charge in [0.1, 0.15) is 0 Å². The summed E-state index contributed by atoms with van der Waals surface area (Å²) in [6, 6.07) is 8.36. The summed E-state index contributed by atoms with van der Waals surface area (Å²) in [6.07, 6.45) is 2.50. The molecule has 0 bridgehead atoms. The summed E-state index contributed by atoms with van der Waals surface area (Å²) in [5.41, 5.74) is 0.844. The molecule has 0 unspecified atom stereocenters. The number of carbonyl (C=O) groups is 1. The van der Waals surface area contributed by atoms with E-state index < -0.39 is 0 Å². The minimum absolute atomic E-state index is 0.191. The van der Waals surface area contributed by atoms with Crippen LogP contribution in [0.1, 0.15) is 23.2 Å². The van der Waals surface area contributed by atoms with Gasteiger partial charge < -0.3 is 10.2 Å². The number of benzene rings is 1. The molecule has 2 aliphatic rings. The number of fused-ring (bicyclic) bond motifs is 1. The molecule has 2 fully saturated rings. The Morgan fingerprint density at radius 1 is 1.33 bits per heavy atom. The molecule has 0 aliphatic carbocycles. The van der Waals surface area contributed by atoms with E-state index in [-0.39, 0.29) is 5.91 Å². The van der Waals surface area contributed by atoms with Gasteiger partial charge in [-0.15, -0.1) is 0 Å². The Kier molecular flexibility index (Phi) is 3.56. The number of piperidine rings is 1. The second kappa shape index (κ2) is 5.17. The minimum atomic E-state index is 0.191. The molecule has 1 N–H and O–H groups in total. The van der Waals surface area contributed by atoms with Crippen molar-refractivity contribution in [3.63, 3.8) is 0 Å². The van der Waals surface area contributed by atoms with E-state index in [2.05, 4.69) is 27.9 Å². The Morgan fingerprint density at radius 2 is 2.17 bits per heavy atom. The van der Waals surface area contributed by atoms with Crippen molar-refractivity contribution >= 4 is 28.5 Å². The molecule has 4 heteroatoms. The molecule has 1 aromatic carbocycles. The summed E-state index contributed by atoms with van der Waals surface area (Å²) >= 11 is 2.24. The Labute approximate surface area is 121 Å². The molecule has 1 amide bonds. The van der Waals surface area contributed by atoms with Gasteiger partial charge in [-0.2, -0.15) is 0 Å². The minimum Gasteiger partial charge on any atom is -0.337 e. The fourth-order valence-corrected chi connectivity index (χ4v) is 3.64. The van der Waals surface area contributed by atoms with E-state index in [1.807, 2.05) is 29.2 Å². The first-order valence-electron chi connectivity index (χ1n) is 6.53. The highest BCUT2D eigenvalue weighted by atomic mass is 127. The molecule has 2 saturated heterocycles. The number of nitrogens with one attached hydrogen (secondary N) is 1. The second-order valence-electron chi connectivity index (χ2n) is 5.15. The highest BCUT2D eigenvalue weighted by Crippen LogP contribution is 2.26. The standard InChI is InChI=1S/C14H17IN2O/c15-12-6-2-1-5-11(12)14(18)17-8-10-4-3-7-16-13(10)9-17/h1-2,5-6,10,13,16H,3-4,7-9H2/t10-,13+/m0/s1. The lowest BCUT2D eigenvalue weighted by Gasteiger charge is -2.24. The topological polar surface area (TPSA) is 32.3 Å². The van der Waals surface area contributed by atoms with Crippen LogP contribution in [-0.2, 0) is 0 Å². The van der Waals surface area contributed by atoms with Crippen LogP contribution in [0.25, 0.3) is 0 Å².